The number of carbonyl (C=O) groups excluding carboxylic acids is 3. The number of halogens is 3. The molecule has 1 atom stereocenters. The molecule has 0 bridgehead atoms. The third-order valence-electron chi connectivity index (χ3n) is 5.98. The smallest absolute Gasteiger partial charge is 0.265 e. The maximum absolute atomic E-state index is 13.7. The topological polar surface area (TPSA) is 114 Å². The SMILES string of the molecule is C/C=C\C(=C/CCN(C)C(=O)c1c(C=O)cccc1NC(=O)c1ccc(Cl)s1)OC(C)CNc1cc(F)cc(F)c1N. The lowest BCUT2D eigenvalue weighted by Gasteiger charge is -2.21. The van der Waals surface area contributed by atoms with Gasteiger partial charge in [-0.3, -0.25) is 14.4 Å². The van der Waals surface area contributed by atoms with Crippen LogP contribution in [0.15, 0.2) is 66.5 Å². The van der Waals surface area contributed by atoms with Gasteiger partial charge in [0, 0.05) is 25.2 Å². The van der Waals surface area contributed by atoms with Gasteiger partial charge in [0.05, 0.1) is 38.4 Å². The second-order valence-corrected chi connectivity index (χ2v) is 10.9. The van der Waals surface area contributed by atoms with E-state index >= 15 is 0 Å². The van der Waals surface area contributed by atoms with Crippen molar-refractivity contribution in [3.63, 3.8) is 0 Å². The van der Waals surface area contributed by atoms with Crippen molar-refractivity contribution in [2.45, 2.75) is 26.4 Å². The van der Waals surface area contributed by atoms with Crippen molar-refractivity contribution >= 4 is 58.1 Å². The number of hydrogen-bond acceptors (Lipinski definition) is 7. The van der Waals surface area contributed by atoms with Gasteiger partial charge in [-0.2, -0.15) is 0 Å². The fourth-order valence-corrected chi connectivity index (χ4v) is 4.84. The number of rotatable bonds is 13. The molecular formula is C30H31ClF2N4O4S. The third-order valence-corrected chi connectivity index (χ3v) is 7.21. The molecule has 2 amide bonds. The number of nitrogen functional groups attached to an aromatic ring is 1. The molecule has 0 aliphatic heterocycles. The van der Waals surface area contributed by atoms with Crippen LogP contribution >= 0.6 is 22.9 Å². The number of nitrogens with one attached hydrogen (secondary N) is 2. The van der Waals surface area contributed by atoms with E-state index in [4.69, 9.17) is 22.1 Å². The van der Waals surface area contributed by atoms with Crippen LogP contribution in [0.5, 0.6) is 0 Å². The first kappa shape index (κ1) is 32.3. The molecule has 4 N–H and O–H groups in total. The number of amides is 2. The summed E-state index contributed by atoms with van der Waals surface area (Å²) in [5, 5.41) is 5.60. The molecule has 2 aromatic carbocycles. The summed E-state index contributed by atoms with van der Waals surface area (Å²) in [6, 6.07) is 9.63. The van der Waals surface area contributed by atoms with E-state index in [2.05, 4.69) is 10.6 Å². The molecule has 0 spiro atoms. The van der Waals surface area contributed by atoms with Gasteiger partial charge >= 0.3 is 0 Å². The van der Waals surface area contributed by atoms with Crippen molar-refractivity contribution in [1.29, 1.82) is 0 Å². The summed E-state index contributed by atoms with van der Waals surface area (Å²) in [4.78, 5) is 39.7. The standard InChI is InChI=1S/C30H31ClF2N4O4S/c1-4-7-21(41-18(2)16-35-24-15-20(32)14-22(33)28(24)34)9-6-13-37(3)30(40)27-19(17-38)8-5-10-23(27)36-29(39)25-11-12-26(31)42-25/h4-5,7-12,14-15,17-18,35H,6,13,16,34H2,1-3H3,(H,36,39)/b7-4-,21-9+. The average Bonchev–Trinajstić information content (AvgIpc) is 3.40. The molecule has 222 valence electrons. The van der Waals surface area contributed by atoms with Crippen LogP contribution in [-0.2, 0) is 4.74 Å². The highest BCUT2D eigenvalue weighted by molar-refractivity contribution is 7.18. The molecule has 1 aromatic heterocycles. The lowest BCUT2D eigenvalue weighted by atomic mass is 10.0. The van der Waals surface area contributed by atoms with Crippen molar-refractivity contribution < 1.29 is 27.9 Å². The van der Waals surface area contributed by atoms with Gasteiger partial charge in [0.2, 0.25) is 0 Å². The molecule has 1 heterocycles. The van der Waals surface area contributed by atoms with E-state index in [1.807, 2.05) is 6.92 Å². The summed E-state index contributed by atoms with van der Waals surface area (Å²) in [5.74, 6) is -1.96. The molecule has 12 heteroatoms. The van der Waals surface area contributed by atoms with Crippen LogP contribution in [0.1, 0.15) is 50.7 Å². The zero-order valence-corrected chi connectivity index (χ0v) is 24.8. The van der Waals surface area contributed by atoms with Crippen molar-refractivity contribution in [2.75, 3.05) is 36.5 Å². The number of thiophene rings is 1. The number of hydrogen-bond donors (Lipinski definition) is 3. The summed E-state index contributed by atoms with van der Waals surface area (Å²) in [5.41, 5.74) is 6.05. The molecule has 3 rings (SSSR count). The fourth-order valence-electron chi connectivity index (χ4n) is 3.90. The highest BCUT2D eigenvalue weighted by Gasteiger charge is 2.22. The summed E-state index contributed by atoms with van der Waals surface area (Å²) in [6.45, 7) is 4.09. The summed E-state index contributed by atoms with van der Waals surface area (Å²) < 4.78 is 33.7. The zero-order valence-electron chi connectivity index (χ0n) is 23.2. The van der Waals surface area contributed by atoms with Crippen molar-refractivity contribution in [3.05, 3.63) is 98.4 Å². The maximum atomic E-state index is 13.7. The van der Waals surface area contributed by atoms with Crippen LogP contribution in [-0.4, -0.2) is 49.2 Å². The number of carbonyl (C=O) groups is 3. The van der Waals surface area contributed by atoms with Crippen molar-refractivity contribution in [3.8, 4) is 0 Å². The lowest BCUT2D eigenvalue weighted by molar-refractivity contribution is 0.0794. The Labute approximate surface area is 251 Å². The molecule has 3 aromatic rings. The first-order valence-electron chi connectivity index (χ1n) is 12.9. The van der Waals surface area contributed by atoms with Crippen LogP contribution in [0.25, 0.3) is 0 Å². The van der Waals surface area contributed by atoms with Gasteiger partial charge in [-0.15, -0.1) is 11.3 Å². The van der Waals surface area contributed by atoms with E-state index in [1.165, 1.54) is 11.0 Å². The minimum atomic E-state index is -0.850. The molecule has 8 nitrogen and oxygen atoms in total. The molecule has 0 radical (unpaired) electrons. The van der Waals surface area contributed by atoms with Gasteiger partial charge in [0.1, 0.15) is 17.7 Å². The molecule has 0 aliphatic carbocycles. The molecule has 0 saturated carbocycles. The molecular weight excluding hydrogens is 586 g/mol. The number of aldehydes is 1. The number of nitrogens with two attached hydrogens (primary N) is 1. The molecule has 0 fully saturated rings. The Balaban J connectivity index is 1.65. The normalized spacial score (nSPS) is 12.2. The Morgan fingerprint density at radius 1 is 1.19 bits per heavy atom. The van der Waals surface area contributed by atoms with E-state index < -0.39 is 29.6 Å². The predicted molar refractivity (Wildman–Crippen MR) is 163 cm³/mol. The number of nitrogens with zero attached hydrogens (tertiary/aromatic N) is 1. The van der Waals surface area contributed by atoms with Crippen LogP contribution in [0.4, 0.5) is 25.8 Å². The summed E-state index contributed by atoms with van der Waals surface area (Å²) >= 11 is 7.03. The van der Waals surface area contributed by atoms with E-state index in [0.717, 1.165) is 17.4 Å². The minimum Gasteiger partial charge on any atom is -0.489 e. The Morgan fingerprint density at radius 3 is 2.62 bits per heavy atom. The summed E-state index contributed by atoms with van der Waals surface area (Å²) in [7, 11) is 1.59. The van der Waals surface area contributed by atoms with Crippen LogP contribution < -0.4 is 16.4 Å². The van der Waals surface area contributed by atoms with E-state index in [1.54, 1.807) is 56.5 Å². The van der Waals surface area contributed by atoms with Gasteiger partial charge in [-0.25, -0.2) is 8.78 Å². The van der Waals surface area contributed by atoms with Crippen molar-refractivity contribution in [1.82, 2.24) is 4.90 Å². The predicted octanol–water partition coefficient (Wildman–Crippen LogP) is 6.77. The molecule has 42 heavy (non-hydrogen) atoms. The fraction of sp³-hybridized carbons (Fsp3) is 0.233. The number of ether oxygens (including phenoxy) is 1. The molecule has 0 saturated heterocycles. The first-order valence-corrected chi connectivity index (χ1v) is 14.1. The second-order valence-electron chi connectivity index (χ2n) is 9.23. The number of allylic oxidation sites excluding steroid dienone is 2. The van der Waals surface area contributed by atoms with Gasteiger partial charge in [-0.1, -0.05) is 29.8 Å². The monoisotopic (exact) mass is 616 g/mol. The van der Waals surface area contributed by atoms with Gasteiger partial charge < -0.3 is 26.0 Å². The van der Waals surface area contributed by atoms with Crippen LogP contribution in [0, 0.1) is 11.6 Å². The highest BCUT2D eigenvalue weighted by atomic mass is 35.5. The summed E-state index contributed by atoms with van der Waals surface area (Å²) in [6.07, 6.45) is 5.91. The van der Waals surface area contributed by atoms with Gasteiger partial charge in [0.25, 0.3) is 11.8 Å². The van der Waals surface area contributed by atoms with Crippen LogP contribution in [0.3, 0.4) is 0 Å². The third kappa shape index (κ3) is 8.64. The number of benzene rings is 2. The minimum absolute atomic E-state index is 0.0765. The number of anilines is 3. The van der Waals surface area contributed by atoms with E-state index in [9.17, 15) is 23.2 Å². The maximum Gasteiger partial charge on any atom is 0.265 e. The van der Waals surface area contributed by atoms with E-state index in [-0.39, 0.29) is 41.3 Å². The molecule has 0 aliphatic rings. The highest BCUT2D eigenvalue weighted by Crippen LogP contribution is 2.26. The Bertz CT molecular complexity index is 1510. The zero-order chi connectivity index (χ0) is 30.8. The Kier molecular flexibility index (Phi) is 11.6. The quantitative estimate of drug-likeness (QED) is 0.0846. The van der Waals surface area contributed by atoms with Crippen molar-refractivity contribution in [2.24, 2.45) is 0 Å². The van der Waals surface area contributed by atoms with Gasteiger partial charge in [0.15, 0.2) is 12.1 Å². The Morgan fingerprint density at radius 2 is 1.95 bits per heavy atom. The van der Waals surface area contributed by atoms with E-state index in [0.29, 0.717) is 33.7 Å². The molecule has 1 unspecified atom stereocenters. The van der Waals surface area contributed by atoms with Crippen LogP contribution in [0.2, 0.25) is 4.34 Å². The first-order chi connectivity index (χ1) is 20.0. The average molecular weight is 617 g/mol. The largest absolute Gasteiger partial charge is 0.489 e. The van der Waals surface area contributed by atoms with Gasteiger partial charge in [-0.05, 0) is 56.7 Å². The lowest BCUT2D eigenvalue weighted by Crippen LogP contribution is -2.30. The second kappa shape index (κ2) is 15.1. The Hall–Kier alpha value is -4.22.